The summed E-state index contributed by atoms with van der Waals surface area (Å²) in [6, 6.07) is 41.6. The first-order valence-corrected chi connectivity index (χ1v) is 13.1. The van der Waals surface area contributed by atoms with E-state index in [1.165, 1.54) is 10.8 Å². The minimum Gasteiger partial charge on any atom is -0.354 e. The molecular weight excluding hydrogens is 490 g/mol. The maximum Gasteiger partial charge on any atom is 0.238 e. The predicted molar refractivity (Wildman–Crippen MR) is 166 cm³/mol. The molecular formula is C35H25N5. The zero-order valence-electron chi connectivity index (χ0n) is 21.8. The molecule has 8 rings (SSSR count). The second kappa shape index (κ2) is 9.64. The van der Waals surface area contributed by atoms with Crippen molar-refractivity contribution in [3.05, 3.63) is 134 Å². The number of rotatable bonds is 3. The molecule has 3 aromatic heterocycles. The number of hydrogen-bond donors (Lipinski definition) is 1. The van der Waals surface area contributed by atoms with Crippen LogP contribution in [0.25, 0.3) is 72.3 Å². The number of benzene rings is 5. The highest BCUT2D eigenvalue weighted by molar-refractivity contribution is 6.17. The molecule has 0 aliphatic rings. The van der Waals surface area contributed by atoms with Crippen LogP contribution in [0.1, 0.15) is 0 Å². The third-order valence-corrected chi connectivity index (χ3v) is 7.19. The predicted octanol–water partition coefficient (Wildman–Crippen LogP) is 8.74. The van der Waals surface area contributed by atoms with Crippen LogP contribution in [0, 0.1) is 0 Å². The van der Waals surface area contributed by atoms with E-state index in [0.717, 1.165) is 44.0 Å². The third-order valence-electron chi connectivity index (χ3n) is 7.19. The first kappa shape index (κ1) is 23.6. The minimum absolute atomic E-state index is 0.600. The Hall–Kier alpha value is -5.55. The summed E-state index contributed by atoms with van der Waals surface area (Å²) in [5, 5.41) is 4.69. The normalized spacial score (nSPS) is 11.2. The fraction of sp³-hybridized carbons (Fsp3) is 0. The molecule has 0 fully saturated rings. The van der Waals surface area contributed by atoms with Crippen LogP contribution >= 0.6 is 0 Å². The highest BCUT2D eigenvalue weighted by atomic mass is 15.2. The monoisotopic (exact) mass is 515 g/mol. The standard InChI is InChI=1S/C33H21N5.C2H4/c1-3-11-21(12-4-1)31-35-32(22-13-5-2-6-14-22)37-33(36-31)38-29-18-10-8-16-24(29)26-19-28-25(20-30(26)38)23-15-7-9-17-27(23)34-28;1-2/h1-20,34H;1-2H2. The quantitative estimate of drug-likeness (QED) is 0.239. The van der Waals surface area contributed by atoms with Gasteiger partial charge in [-0.1, -0.05) is 97.1 Å². The van der Waals surface area contributed by atoms with Crippen LogP contribution in [0.5, 0.6) is 0 Å². The zero-order valence-corrected chi connectivity index (χ0v) is 21.8. The van der Waals surface area contributed by atoms with Gasteiger partial charge in [0.05, 0.1) is 11.0 Å². The molecule has 3 heterocycles. The topological polar surface area (TPSA) is 59.4 Å². The smallest absolute Gasteiger partial charge is 0.238 e. The highest BCUT2D eigenvalue weighted by Gasteiger charge is 2.19. The van der Waals surface area contributed by atoms with Crippen LogP contribution < -0.4 is 0 Å². The highest BCUT2D eigenvalue weighted by Crippen LogP contribution is 2.36. The molecule has 5 nitrogen and oxygen atoms in total. The van der Waals surface area contributed by atoms with E-state index in [1.54, 1.807) is 0 Å². The van der Waals surface area contributed by atoms with Gasteiger partial charge in [-0.05, 0) is 24.3 Å². The van der Waals surface area contributed by atoms with Gasteiger partial charge in [-0.25, -0.2) is 4.98 Å². The summed E-state index contributed by atoms with van der Waals surface area (Å²) in [6.07, 6.45) is 0. The summed E-state index contributed by atoms with van der Waals surface area (Å²) in [5.74, 6) is 1.89. The molecule has 0 unspecified atom stereocenters. The van der Waals surface area contributed by atoms with Crippen molar-refractivity contribution >= 4 is 43.6 Å². The lowest BCUT2D eigenvalue weighted by atomic mass is 10.1. The van der Waals surface area contributed by atoms with Crippen LogP contribution in [0.3, 0.4) is 0 Å². The van der Waals surface area contributed by atoms with Crippen molar-refractivity contribution in [2.75, 3.05) is 0 Å². The number of H-pyrrole nitrogens is 1. The first-order valence-electron chi connectivity index (χ1n) is 13.1. The molecule has 0 radical (unpaired) electrons. The first-order chi connectivity index (χ1) is 19.8. The van der Waals surface area contributed by atoms with Crippen molar-refractivity contribution < 1.29 is 0 Å². The van der Waals surface area contributed by atoms with Crippen molar-refractivity contribution in [2.24, 2.45) is 0 Å². The number of nitrogens with one attached hydrogen (secondary N) is 1. The van der Waals surface area contributed by atoms with Crippen molar-refractivity contribution in [3.63, 3.8) is 0 Å². The maximum absolute atomic E-state index is 5.03. The van der Waals surface area contributed by atoms with Gasteiger partial charge in [0.15, 0.2) is 11.6 Å². The molecule has 0 spiro atoms. The fourth-order valence-corrected chi connectivity index (χ4v) is 5.43. The molecule has 0 amide bonds. The van der Waals surface area contributed by atoms with E-state index in [4.69, 9.17) is 15.0 Å². The van der Waals surface area contributed by atoms with Crippen LogP contribution in [-0.4, -0.2) is 24.5 Å². The molecule has 1 N–H and O–H groups in total. The summed E-state index contributed by atoms with van der Waals surface area (Å²) < 4.78 is 2.17. The summed E-state index contributed by atoms with van der Waals surface area (Å²) in [5.41, 5.74) is 6.27. The zero-order chi connectivity index (χ0) is 27.1. The molecule has 0 aliphatic carbocycles. The van der Waals surface area contributed by atoms with Crippen molar-refractivity contribution in [2.45, 2.75) is 0 Å². The lowest BCUT2D eigenvalue weighted by molar-refractivity contribution is 0.954. The van der Waals surface area contributed by atoms with Gasteiger partial charge in [-0.2, -0.15) is 9.97 Å². The number of nitrogens with zero attached hydrogens (tertiary/aromatic N) is 4. The third kappa shape index (κ3) is 3.76. The van der Waals surface area contributed by atoms with Gasteiger partial charge in [-0.15, -0.1) is 13.2 Å². The molecule has 0 saturated heterocycles. The molecule has 0 atom stereocenters. The van der Waals surface area contributed by atoms with Crippen molar-refractivity contribution in [1.82, 2.24) is 24.5 Å². The molecule has 190 valence electrons. The van der Waals surface area contributed by atoms with Crippen LogP contribution in [0.15, 0.2) is 134 Å². The number of fused-ring (bicyclic) bond motifs is 6. The molecule has 0 aliphatic heterocycles. The van der Waals surface area contributed by atoms with E-state index in [9.17, 15) is 0 Å². The Labute approximate surface area is 231 Å². The van der Waals surface area contributed by atoms with Gasteiger partial charge in [0.2, 0.25) is 5.95 Å². The Balaban J connectivity index is 0.00000130. The maximum atomic E-state index is 5.03. The van der Waals surface area contributed by atoms with E-state index in [0.29, 0.717) is 17.6 Å². The molecule has 0 saturated carbocycles. The van der Waals surface area contributed by atoms with Gasteiger partial charge in [0.1, 0.15) is 0 Å². The summed E-state index contributed by atoms with van der Waals surface area (Å²) >= 11 is 0. The van der Waals surface area contributed by atoms with Crippen LogP contribution in [0.2, 0.25) is 0 Å². The number of hydrogen-bond acceptors (Lipinski definition) is 3. The van der Waals surface area contributed by atoms with Crippen molar-refractivity contribution in [1.29, 1.82) is 0 Å². The molecule has 0 bridgehead atoms. The van der Waals surface area contributed by atoms with Gasteiger partial charge in [0, 0.05) is 43.7 Å². The van der Waals surface area contributed by atoms with Gasteiger partial charge < -0.3 is 4.98 Å². The average molecular weight is 516 g/mol. The van der Waals surface area contributed by atoms with Crippen molar-refractivity contribution in [3.8, 4) is 28.7 Å². The number of para-hydroxylation sites is 2. The Bertz CT molecular complexity index is 2080. The summed E-state index contributed by atoms with van der Waals surface area (Å²) in [4.78, 5) is 18.6. The molecule has 8 aromatic rings. The van der Waals surface area contributed by atoms with Gasteiger partial charge >= 0.3 is 0 Å². The van der Waals surface area contributed by atoms with E-state index >= 15 is 0 Å². The minimum atomic E-state index is 0.600. The number of aromatic nitrogens is 5. The van der Waals surface area contributed by atoms with Crippen LogP contribution in [0.4, 0.5) is 0 Å². The Morgan fingerprint density at radius 2 is 1.05 bits per heavy atom. The Morgan fingerprint density at radius 1 is 0.475 bits per heavy atom. The second-order valence-corrected chi connectivity index (χ2v) is 9.45. The Morgan fingerprint density at radius 3 is 1.73 bits per heavy atom. The largest absolute Gasteiger partial charge is 0.354 e. The second-order valence-electron chi connectivity index (χ2n) is 9.45. The molecule has 5 aromatic carbocycles. The summed E-state index contributed by atoms with van der Waals surface area (Å²) in [7, 11) is 0. The van der Waals surface area contributed by atoms with Gasteiger partial charge in [0.25, 0.3) is 0 Å². The van der Waals surface area contributed by atoms with Gasteiger partial charge in [-0.3, -0.25) is 4.57 Å². The Kier molecular flexibility index (Phi) is 5.68. The fourth-order valence-electron chi connectivity index (χ4n) is 5.43. The lowest BCUT2D eigenvalue weighted by Gasteiger charge is -2.11. The lowest BCUT2D eigenvalue weighted by Crippen LogP contribution is -2.06. The summed E-state index contributed by atoms with van der Waals surface area (Å²) in [6.45, 7) is 6.00. The van der Waals surface area contributed by atoms with E-state index < -0.39 is 0 Å². The molecule has 40 heavy (non-hydrogen) atoms. The van der Waals surface area contributed by atoms with E-state index in [2.05, 4.69) is 83.4 Å². The SMILES string of the molecule is C=C.c1ccc(-c2nc(-c3ccccc3)nc(-n3c4ccccc4c4cc5[nH]c6ccccc6c5cc43)n2)cc1. The average Bonchev–Trinajstić information content (AvgIpc) is 3.56. The van der Waals surface area contributed by atoms with E-state index in [-0.39, 0.29) is 0 Å². The van der Waals surface area contributed by atoms with E-state index in [1.807, 2.05) is 60.7 Å². The number of aromatic amines is 1. The van der Waals surface area contributed by atoms with Crippen LogP contribution in [-0.2, 0) is 0 Å². The molecule has 5 heteroatoms.